The summed E-state index contributed by atoms with van der Waals surface area (Å²) in [6, 6.07) is 9.47. The van der Waals surface area contributed by atoms with Crippen molar-refractivity contribution in [3.8, 4) is 5.75 Å². The molecule has 0 bridgehead atoms. The topological polar surface area (TPSA) is 52.8 Å². The normalized spacial score (nSPS) is 11.9. The van der Waals surface area contributed by atoms with E-state index in [1.807, 2.05) is 0 Å². The van der Waals surface area contributed by atoms with Gasteiger partial charge in [-0.3, -0.25) is 4.79 Å². The van der Waals surface area contributed by atoms with Gasteiger partial charge >= 0.3 is 0 Å². The zero-order valence-electron chi connectivity index (χ0n) is 14.2. The third kappa shape index (κ3) is 4.68. The van der Waals surface area contributed by atoms with E-state index in [0.717, 1.165) is 0 Å². The third-order valence-corrected chi connectivity index (χ3v) is 5.21. The number of carbonyl (C=O) groups is 1. The van der Waals surface area contributed by atoms with E-state index < -0.39 is 5.91 Å². The molecule has 0 aliphatic heterocycles. The van der Waals surface area contributed by atoms with Crippen molar-refractivity contribution in [2.24, 2.45) is 4.99 Å². The molecule has 5 nitrogen and oxygen atoms in total. The van der Waals surface area contributed by atoms with Crippen molar-refractivity contribution in [1.29, 1.82) is 0 Å². The molecule has 0 radical (unpaired) electrons. The van der Waals surface area contributed by atoms with E-state index in [4.69, 9.17) is 32.7 Å². The number of halogens is 3. The second-order valence-electron chi connectivity index (χ2n) is 5.48. The highest BCUT2D eigenvalue weighted by atomic mass is 35.5. The van der Waals surface area contributed by atoms with Gasteiger partial charge in [-0.2, -0.15) is 4.99 Å². The second-order valence-corrected chi connectivity index (χ2v) is 7.34. The number of benzene rings is 2. The zero-order chi connectivity index (χ0) is 19.4. The van der Waals surface area contributed by atoms with Crippen LogP contribution in [0.5, 0.6) is 5.75 Å². The first-order chi connectivity index (χ1) is 13.0. The number of methoxy groups -OCH3 is 1. The van der Waals surface area contributed by atoms with Crippen molar-refractivity contribution in [2.75, 3.05) is 20.3 Å². The standard InChI is InChI=1S/C18H15Cl2FN2O3S/c1-25-8-7-23-17-13(21)3-2-4-15(17)27-18(23)22-16(24)10-26-14-6-5-11(19)9-12(14)20/h2-6,9H,7-8,10H2,1H3. The summed E-state index contributed by atoms with van der Waals surface area (Å²) in [4.78, 5) is 16.7. The smallest absolute Gasteiger partial charge is 0.286 e. The van der Waals surface area contributed by atoms with Crippen molar-refractivity contribution in [1.82, 2.24) is 4.57 Å². The predicted octanol–water partition coefficient (Wildman–Crippen LogP) is 4.30. The first kappa shape index (κ1) is 19.8. The van der Waals surface area contributed by atoms with Gasteiger partial charge in [0.25, 0.3) is 5.91 Å². The van der Waals surface area contributed by atoms with Gasteiger partial charge in [0.2, 0.25) is 0 Å². The molecule has 142 valence electrons. The molecule has 0 N–H and O–H groups in total. The van der Waals surface area contributed by atoms with Crippen molar-refractivity contribution in [2.45, 2.75) is 6.54 Å². The highest BCUT2D eigenvalue weighted by Gasteiger charge is 2.12. The maximum atomic E-state index is 14.2. The Morgan fingerprint density at radius 3 is 2.85 bits per heavy atom. The first-order valence-electron chi connectivity index (χ1n) is 7.92. The predicted molar refractivity (Wildman–Crippen MR) is 104 cm³/mol. The van der Waals surface area contributed by atoms with Crippen LogP contribution in [0.4, 0.5) is 4.39 Å². The van der Waals surface area contributed by atoms with Gasteiger partial charge in [0.05, 0.1) is 21.8 Å². The van der Waals surface area contributed by atoms with E-state index >= 15 is 0 Å². The number of fused-ring (bicyclic) bond motifs is 1. The van der Waals surface area contributed by atoms with Crippen molar-refractivity contribution in [3.63, 3.8) is 0 Å². The maximum Gasteiger partial charge on any atom is 0.286 e. The Kier molecular flexibility index (Phi) is 6.49. The number of rotatable bonds is 6. The fourth-order valence-electron chi connectivity index (χ4n) is 2.43. The molecule has 3 aromatic rings. The molecule has 0 aliphatic rings. The van der Waals surface area contributed by atoms with E-state index in [2.05, 4.69) is 4.99 Å². The average molecular weight is 429 g/mol. The highest BCUT2D eigenvalue weighted by molar-refractivity contribution is 7.16. The Labute approximate surface area is 168 Å². The summed E-state index contributed by atoms with van der Waals surface area (Å²) >= 11 is 13.1. The number of thiazole rings is 1. The van der Waals surface area contributed by atoms with Gasteiger partial charge in [-0.1, -0.05) is 40.6 Å². The van der Waals surface area contributed by atoms with Crippen molar-refractivity contribution < 1.29 is 18.7 Å². The summed E-state index contributed by atoms with van der Waals surface area (Å²) in [5, 5.41) is 0.768. The van der Waals surface area contributed by atoms with Gasteiger partial charge < -0.3 is 14.0 Å². The Morgan fingerprint density at radius 1 is 1.30 bits per heavy atom. The Hall–Kier alpha value is -1.93. The van der Waals surface area contributed by atoms with E-state index in [1.165, 1.54) is 23.5 Å². The van der Waals surface area contributed by atoms with Gasteiger partial charge in [-0.05, 0) is 30.3 Å². The monoisotopic (exact) mass is 428 g/mol. The van der Waals surface area contributed by atoms with Crippen LogP contribution < -0.4 is 9.54 Å². The Balaban J connectivity index is 1.87. The molecule has 2 aromatic carbocycles. The SMILES string of the molecule is COCCn1c(=NC(=O)COc2ccc(Cl)cc2Cl)sc2cccc(F)c21. The molecule has 0 atom stereocenters. The second kappa shape index (κ2) is 8.84. The summed E-state index contributed by atoms with van der Waals surface area (Å²) in [5.74, 6) is -0.559. The van der Waals surface area contributed by atoms with Crippen LogP contribution in [-0.2, 0) is 16.1 Å². The number of amides is 1. The lowest BCUT2D eigenvalue weighted by Crippen LogP contribution is -2.21. The molecule has 0 spiro atoms. The minimum absolute atomic E-state index is 0.300. The van der Waals surface area contributed by atoms with Gasteiger partial charge in [0.15, 0.2) is 11.4 Å². The summed E-state index contributed by atoms with van der Waals surface area (Å²) in [6.07, 6.45) is 0. The molecule has 0 saturated heterocycles. The molecule has 0 unspecified atom stereocenters. The maximum absolute atomic E-state index is 14.2. The molecule has 1 amide bonds. The quantitative estimate of drug-likeness (QED) is 0.587. The lowest BCUT2D eigenvalue weighted by atomic mass is 10.3. The van der Waals surface area contributed by atoms with E-state index in [9.17, 15) is 9.18 Å². The van der Waals surface area contributed by atoms with Gasteiger partial charge in [-0.25, -0.2) is 4.39 Å². The highest BCUT2D eigenvalue weighted by Crippen LogP contribution is 2.27. The molecule has 0 aliphatic carbocycles. The Morgan fingerprint density at radius 2 is 2.11 bits per heavy atom. The summed E-state index contributed by atoms with van der Waals surface area (Å²) < 4.78 is 27.0. The molecule has 0 saturated carbocycles. The molecular formula is C18H15Cl2FN2O3S. The minimum atomic E-state index is -0.515. The minimum Gasteiger partial charge on any atom is -0.482 e. The van der Waals surface area contributed by atoms with Crippen LogP contribution in [0.25, 0.3) is 10.2 Å². The van der Waals surface area contributed by atoms with Gasteiger partial charge in [0, 0.05) is 18.7 Å². The molecule has 1 aromatic heterocycles. The van der Waals surface area contributed by atoms with Crippen LogP contribution in [0.3, 0.4) is 0 Å². The summed E-state index contributed by atoms with van der Waals surface area (Å²) in [5.41, 5.74) is 0.396. The van der Waals surface area contributed by atoms with Crippen LogP contribution in [0.15, 0.2) is 41.4 Å². The number of nitrogens with zero attached hydrogens (tertiary/aromatic N) is 2. The number of hydrogen-bond donors (Lipinski definition) is 0. The van der Waals surface area contributed by atoms with Crippen LogP contribution >= 0.6 is 34.5 Å². The molecule has 0 fully saturated rings. The van der Waals surface area contributed by atoms with E-state index in [1.54, 1.807) is 35.9 Å². The molecule has 9 heteroatoms. The zero-order valence-corrected chi connectivity index (χ0v) is 16.6. The van der Waals surface area contributed by atoms with Crippen LogP contribution in [0.1, 0.15) is 0 Å². The number of hydrogen-bond acceptors (Lipinski definition) is 4. The number of para-hydroxylation sites is 1. The average Bonchev–Trinajstić information content (AvgIpc) is 2.97. The largest absolute Gasteiger partial charge is 0.482 e. The van der Waals surface area contributed by atoms with Crippen LogP contribution in [0, 0.1) is 5.82 Å². The number of aromatic nitrogens is 1. The molecule has 3 rings (SSSR count). The fourth-order valence-corrected chi connectivity index (χ4v) is 3.98. The lowest BCUT2D eigenvalue weighted by Gasteiger charge is -2.06. The van der Waals surface area contributed by atoms with Crippen molar-refractivity contribution >= 4 is 50.7 Å². The van der Waals surface area contributed by atoms with Gasteiger partial charge in [0.1, 0.15) is 11.6 Å². The Bertz CT molecular complexity index is 1050. The number of carbonyl (C=O) groups excluding carboxylic acids is 1. The molecule has 1 heterocycles. The summed E-state index contributed by atoms with van der Waals surface area (Å²) in [7, 11) is 1.55. The molecule has 27 heavy (non-hydrogen) atoms. The van der Waals surface area contributed by atoms with Crippen LogP contribution in [-0.4, -0.2) is 30.8 Å². The number of ether oxygens (including phenoxy) is 2. The third-order valence-electron chi connectivity index (χ3n) is 3.64. The fraction of sp³-hybridized carbons (Fsp3) is 0.222. The van der Waals surface area contributed by atoms with E-state index in [0.29, 0.717) is 44.0 Å². The van der Waals surface area contributed by atoms with Crippen LogP contribution in [0.2, 0.25) is 10.0 Å². The van der Waals surface area contributed by atoms with Gasteiger partial charge in [-0.15, -0.1) is 0 Å². The van der Waals surface area contributed by atoms with E-state index in [-0.39, 0.29) is 12.4 Å². The molecular weight excluding hydrogens is 414 g/mol. The lowest BCUT2D eigenvalue weighted by molar-refractivity contribution is -0.120. The first-order valence-corrected chi connectivity index (χ1v) is 9.49. The van der Waals surface area contributed by atoms with Crippen molar-refractivity contribution in [3.05, 3.63) is 57.1 Å². The summed E-state index contributed by atoms with van der Waals surface area (Å²) in [6.45, 7) is 0.425.